The molecule has 0 unspecified atom stereocenters. The first-order valence-electron chi connectivity index (χ1n) is 5.31. The lowest BCUT2D eigenvalue weighted by Crippen LogP contribution is -2.39. The minimum atomic E-state index is 0.172. The molecular formula is C10H20N2O2. The van der Waals surface area contributed by atoms with E-state index in [0.29, 0.717) is 12.6 Å². The van der Waals surface area contributed by atoms with E-state index in [1.165, 1.54) is 0 Å². The Labute approximate surface area is 85.4 Å². The van der Waals surface area contributed by atoms with Crippen molar-refractivity contribution in [2.24, 2.45) is 5.73 Å². The molecule has 1 aliphatic heterocycles. The molecule has 1 saturated heterocycles. The molecule has 1 rings (SSSR count). The summed E-state index contributed by atoms with van der Waals surface area (Å²) in [7, 11) is 0. The van der Waals surface area contributed by atoms with Crippen molar-refractivity contribution in [2.45, 2.75) is 32.3 Å². The van der Waals surface area contributed by atoms with Gasteiger partial charge in [-0.25, -0.2) is 0 Å². The number of rotatable bonds is 4. The van der Waals surface area contributed by atoms with Crippen molar-refractivity contribution in [2.75, 3.05) is 26.2 Å². The SMILES string of the molecule is CC(=O)N1CCC(OCCCN)CC1. The second-order valence-electron chi connectivity index (χ2n) is 3.72. The lowest BCUT2D eigenvalue weighted by molar-refractivity contribution is -0.131. The van der Waals surface area contributed by atoms with Crippen LogP contribution in [0.4, 0.5) is 0 Å². The Balaban J connectivity index is 2.12. The molecule has 1 fully saturated rings. The van der Waals surface area contributed by atoms with E-state index < -0.39 is 0 Å². The number of amides is 1. The van der Waals surface area contributed by atoms with Gasteiger partial charge in [0.15, 0.2) is 0 Å². The van der Waals surface area contributed by atoms with E-state index in [1.807, 2.05) is 4.90 Å². The smallest absolute Gasteiger partial charge is 0.219 e. The second kappa shape index (κ2) is 5.98. The van der Waals surface area contributed by atoms with Crippen LogP contribution >= 0.6 is 0 Å². The van der Waals surface area contributed by atoms with Gasteiger partial charge in [0.1, 0.15) is 0 Å². The van der Waals surface area contributed by atoms with Crippen molar-refractivity contribution in [1.82, 2.24) is 4.90 Å². The number of carbonyl (C=O) groups excluding carboxylic acids is 1. The number of nitrogens with zero attached hydrogens (tertiary/aromatic N) is 1. The molecule has 4 nitrogen and oxygen atoms in total. The maximum atomic E-state index is 11.0. The quantitative estimate of drug-likeness (QED) is 0.667. The summed E-state index contributed by atoms with van der Waals surface area (Å²) in [5.41, 5.74) is 5.37. The fourth-order valence-corrected chi connectivity index (χ4v) is 1.67. The van der Waals surface area contributed by atoms with Crippen LogP contribution in [0.1, 0.15) is 26.2 Å². The van der Waals surface area contributed by atoms with E-state index in [2.05, 4.69) is 0 Å². The van der Waals surface area contributed by atoms with Crippen LogP contribution in [0.5, 0.6) is 0 Å². The van der Waals surface area contributed by atoms with Crippen LogP contribution in [0.3, 0.4) is 0 Å². The first kappa shape index (κ1) is 11.5. The van der Waals surface area contributed by atoms with Gasteiger partial charge >= 0.3 is 0 Å². The Morgan fingerprint density at radius 2 is 2.14 bits per heavy atom. The molecule has 1 heterocycles. The Morgan fingerprint density at radius 3 is 2.64 bits per heavy atom. The van der Waals surface area contributed by atoms with E-state index in [1.54, 1.807) is 6.92 Å². The molecule has 0 bridgehead atoms. The summed E-state index contributed by atoms with van der Waals surface area (Å²) < 4.78 is 5.63. The normalized spacial score (nSPS) is 18.6. The largest absolute Gasteiger partial charge is 0.378 e. The van der Waals surface area contributed by atoms with E-state index >= 15 is 0 Å². The highest BCUT2D eigenvalue weighted by Crippen LogP contribution is 2.13. The number of likely N-dealkylation sites (tertiary alicyclic amines) is 1. The van der Waals surface area contributed by atoms with Gasteiger partial charge in [0.25, 0.3) is 0 Å². The summed E-state index contributed by atoms with van der Waals surface area (Å²) in [6.07, 6.45) is 3.18. The maximum Gasteiger partial charge on any atom is 0.219 e. The Kier molecular flexibility index (Phi) is 4.90. The van der Waals surface area contributed by atoms with Gasteiger partial charge in [-0.1, -0.05) is 0 Å². The molecule has 0 spiro atoms. The average molecular weight is 200 g/mol. The average Bonchev–Trinajstić information content (AvgIpc) is 2.19. The maximum absolute atomic E-state index is 11.0. The number of hydrogen-bond donors (Lipinski definition) is 1. The van der Waals surface area contributed by atoms with Gasteiger partial charge in [0.2, 0.25) is 5.91 Å². The van der Waals surface area contributed by atoms with Crippen molar-refractivity contribution in [3.63, 3.8) is 0 Å². The van der Waals surface area contributed by atoms with Crippen LogP contribution in [0, 0.1) is 0 Å². The van der Waals surface area contributed by atoms with E-state index in [-0.39, 0.29) is 5.91 Å². The summed E-state index contributed by atoms with van der Waals surface area (Å²) >= 11 is 0. The lowest BCUT2D eigenvalue weighted by Gasteiger charge is -2.31. The van der Waals surface area contributed by atoms with Crippen LogP contribution in [-0.4, -0.2) is 43.2 Å². The summed E-state index contributed by atoms with van der Waals surface area (Å²) in [4.78, 5) is 12.9. The minimum Gasteiger partial charge on any atom is -0.378 e. The molecule has 0 saturated carbocycles. The van der Waals surface area contributed by atoms with Gasteiger partial charge in [-0.2, -0.15) is 0 Å². The topological polar surface area (TPSA) is 55.6 Å². The summed E-state index contributed by atoms with van der Waals surface area (Å²) in [5.74, 6) is 0.172. The number of hydrogen-bond acceptors (Lipinski definition) is 3. The van der Waals surface area contributed by atoms with Gasteiger partial charge in [-0.15, -0.1) is 0 Å². The second-order valence-corrected chi connectivity index (χ2v) is 3.72. The van der Waals surface area contributed by atoms with Crippen LogP contribution < -0.4 is 5.73 Å². The molecule has 2 N–H and O–H groups in total. The monoisotopic (exact) mass is 200 g/mol. The minimum absolute atomic E-state index is 0.172. The fourth-order valence-electron chi connectivity index (χ4n) is 1.67. The summed E-state index contributed by atoms with van der Waals surface area (Å²) in [6, 6.07) is 0. The number of nitrogens with two attached hydrogens (primary N) is 1. The first-order chi connectivity index (χ1) is 6.74. The number of piperidine rings is 1. The van der Waals surface area contributed by atoms with Crippen LogP contribution in [0.2, 0.25) is 0 Å². The highest BCUT2D eigenvalue weighted by molar-refractivity contribution is 5.73. The molecule has 1 aliphatic rings. The van der Waals surface area contributed by atoms with Crippen LogP contribution in [0.25, 0.3) is 0 Å². The van der Waals surface area contributed by atoms with Crippen LogP contribution in [-0.2, 0) is 9.53 Å². The molecular weight excluding hydrogens is 180 g/mol. The van der Waals surface area contributed by atoms with Gasteiger partial charge in [0.05, 0.1) is 6.10 Å². The van der Waals surface area contributed by atoms with Crippen molar-refractivity contribution in [1.29, 1.82) is 0 Å². The summed E-state index contributed by atoms with van der Waals surface area (Å²) in [6.45, 7) is 4.73. The highest BCUT2D eigenvalue weighted by atomic mass is 16.5. The Morgan fingerprint density at radius 1 is 1.50 bits per heavy atom. The predicted molar refractivity (Wildman–Crippen MR) is 54.9 cm³/mol. The van der Waals surface area contributed by atoms with E-state index in [9.17, 15) is 4.79 Å². The fraction of sp³-hybridized carbons (Fsp3) is 0.900. The van der Waals surface area contributed by atoms with Gasteiger partial charge in [-0.05, 0) is 25.8 Å². The predicted octanol–water partition coefficient (Wildman–Crippen LogP) is 0.363. The van der Waals surface area contributed by atoms with Crippen molar-refractivity contribution < 1.29 is 9.53 Å². The highest BCUT2D eigenvalue weighted by Gasteiger charge is 2.20. The van der Waals surface area contributed by atoms with E-state index in [0.717, 1.165) is 39.0 Å². The standard InChI is InChI=1S/C10H20N2O2/c1-9(13)12-6-3-10(4-7-12)14-8-2-5-11/h10H,2-8,11H2,1H3. The molecule has 1 amide bonds. The zero-order valence-electron chi connectivity index (χ0n) is 8.87. The molecule has 0 aromatic heterocycles. The molecule has 0 aromatic rings. The lowest BCUT2D eigenvalue weighted by atomic mass is 10.1. The van der Waals surface area contributed by atoms with Crippen molar-refractivity contribution >= 4 is 5.91 Å². The zero-order valence-corrected chi connectivity index (χ0v) is 8.87. The van der Waals surface area contributed by atoms with Crippen molar-refractivity contribution in [3.8, 4) is 0 Å². The molecule has 4 heteroatoms. The molecule has 82 valence electrons. The van der Waals surface area contributed by atoms with E-state index in [4.69, 9.17) is 10.5 Å². The molecule has 0 atom stereocenters. The van der Waals surface area contributed by atoms with Gasteiger partial charge < -0.3 is 15.4 Å². The third-order valence-corrected chi connectivity index (χ3v) is 2.59. The third-order valence-electron chi connectivity index (χ3n) is 2.59. The van der Waals surface area contributed by atoms with Gasteiger partial charge in [0, 0.05) is 26.6 Å². The molecule has 0 aromatic carbocycles. The number of carbonyl (C=O) groups is 1. The Hall–Kier alpha value is -0.610. The summed E-state index contributed by atoms with van der Waals surface area (Å²) in [5, 5.41) is 0. The first-order valence-corrected chi connectivity index (χ1v) is 5.31. The Bertz CT molecular complexity index is 177. The molecule has 0 aliphatic carbocycles. The zero-order chi connectivity index (χ0) is 10.4. The number of ether oxygens (including phenoxy) is 1. The molecule has 0 radical (unpaired) electrons. The van der Waals surface area contributed by atoms with Gasteiger partial charge in [-0.3, -0.25) is 4.79 Å². The van der Waals surface area contributed by atoms with Crippen LogP contribution in [0.15, 0.2) is 0 Å². The molecule has 14 heavy (non-hydrogen) atoms. The third kappa shape index (κ3) is 3.64. The van der Waals surface area contributed by atoms with Crippen molar-refractivity contribution in [3.05, 3.63) is 0 Å².